The van der Waals surface area contributed by atoms with Crippen LogP contribution >= 0.6 is 0 Å². The third kappa shape index (κ3) is 2.50. The van der Waals surface area contributed by atoms with Crippen molar-refractivity contribution in [1.82, 2.24) is 0 Å². The Morgan fingerprint density at radius 3 is 2.73 bits per heavy atom. The van der Waals surface area contributed by atoms with E-state index in [1.807, 2.05) is 6.92 Å². The van der Waals surface area contributed by atoms with Crippen molar-refractivity contribution in [2.75, 3.05) is 6.61 Å². The van der Waals surface area contributed by atoms with Crippen molar-refractivity contribution >= 4 is 5.91 Å². The van der Waals surface area contributed by atoms with Gasteiger partial charge in [0.1, 0.15) is 0 Å². The van der Waals surface area contributed by atoms with Gasteiger partial charge in [0.2, 0.25) is 5.91 Å². The molecule has 0 atom stereocenters. The Morgan fingerprint density at radius 2 is 2.27 bits per heavy atom. The van der Waals surface area contributed by atoms with Crippen molar-refractivity contribution in [1.29, 1.82) is 0 Å². The normalized spacial score (nSPS) is 29.5. The lowest BCUT2D eigenvalue weighted by Crippen LogP contribution is -2.34. The molecule has 1 aliphatic carbocycles. The Bertz CT molecular complexity index is 141. The third-order valence-corrected chi connectivity index (χ3v) is 2.08. The first-order valence-corrected chi connectivity index (χ1v) is 4.12. The summed E-state index contributed by atoms with van der Waals surface area (Å²) in [5.41, 5.74) is 5.04. The van der Waals surface area contributed by atoms with E-state index in [1.54, 1.807) is 0 Å². The predicted octanol–water partition coefficient (Wildman–Crippen LogP) is 0.677. The number of hydrogen-bond acceptors (Lipinski definition) is 2. The van der Waals surface area contributed by atoms with E-state index >= 15 is 0 Å². The second kappa shape index (κ2) is 3.72. The van der Waals surface area contributed by atoms with Crippen molar-refractivity contribution in [3.8, 4) is 0 Å². The van der Waals surface area contributed by atoms with Crippen LogP contribution in [-0.2, 0) is 9.53 Å². The fourth-order valence-electron chi connectivity index (χ4n) is 1.50. The highest BCUT2D eigenvalue weighted by atomic mass is 16.5. The first-order valence-electron chi connectivity index (χ1n) is 4.12. The third-order valence-electron chi connectivity index (χ3n) is 2.08. The van der Waals surface area contributed by atoms with Crippen LogP contribution in [0.15, 0.2) is 0 Å². The fourth-order valence-corrected chi connectivity index (χ4v) is 1.50. The Kier molecular flexibility index (Phi) is 2.88. The lowest BCUT2D eigenvalue weighted by molar-refractivity contribution is -0.121. The highest BCUT2D eigenvalue weighted by Gasteiger charge is 2.30. The van der Waals surface area contributed by atoms with Gasteiger partial charge in [-0.3, -0.25) is 4.79 Å². The highest BCUT2D eigenvalue weighted by Crippen LogP contribution is 2.32. The largest absolute Gasteiger partial charge is 0.378 e. The van der Waals surface area contributed by atoms with Crippen LogP contribution in [0.2, 0.25) is 0 Å². The zero-order chi connectivity index (χ0) is 8.27. The van der Waals surface area contributed by atoms with E-state index in [9.17, 15) is 4.79 Å². The molecule has 64 valence electrons. The molecule has 11 heavy (non-hydrogen) atoms. The molecular weight excluding hydrogens is 142 g/mol. The van der Waals surface area contributed by atoms with Crippen LogP contribution < -0.4 is 5.73 Å². The van der Waals surface area contributed by atoms with Crippen LogP contribution in [0.25, 0.3) is 0 Å². The SMILES string of the molecule is CCOC1CC(CC(N)=O)C1. The molecule has 1 rings (SSSR count). The predicted molar refractivity (Wildman–Crippen MR) is 41.9 cm³/mol. The maximum Gasteiger partial charge on any atom is 0.217 e. The van der Waals surface area contributed by atoms with E-state index < -0.39 is 0 Å². The number of carbonyl (C=O) groups is 1. The molecule has 0 aromatic heterocycles. The number of primary amides is 1. The van der Waals surface area contributed by atoms with Gasteiger partial charge in [0.05, 0.1) is 6.10 Å². The Hall–Kier alpha value is -0.570. The van der Waals surface area contributed by atoms with Crippen LogP contribution in [-0.4, -0.2) is 18.6 Å². The Labute approximate surface area is 66.9 Å². The summed E-state index contributed by atoms with van der Waals surface area (Å²) in [6.07, 6.45) is 2.95. The molecule has 0 bridgehead atoms. The number of amides is 1. The maximum atomic E-state index is 10.4. The van der Waals surface area contributed by atoms with Crippen LogP contribution in [0.3, 0.4) is 0 Å². The molecule has 0 aromatic carbocycles. The molecule has 0 aliphatic heterocycles. The average molecular weight is 157 g/mol. The van der Waals surface area contributed by atoms with Crippen molar-refractivity contribution < 1.29 is 9.53 Å². The van der Waals surface area contributed by atoms with Gasteiger partial charge in [-0.1, -0.05) is 0 Å². The first-order chi connectivity index (χ1) is 5.22. The van der Waals surface area contributed by atoms with Crippen LogP contribution in [0, 0.1) is 5.92 Å². The number of carbonyl (C=O) groups excluding carboxylic acids is 1. The monoisotopic (exact) mass is 157 g/mol. The molecule has 3 nitrogen and oxygen atoms in total. The van der Waals surface area contributed by atoms with Gasteiger partial charge < -0.3 is 10.5 Å². The van der Waals surface area contributed by atoms with Gasteiger partial charge in [0, 0.05) is 13.0 Å². The van der Waals surface area contributed by atoms with Crippen molar-refractivity contribution in [2.45, 2.75) is 32.3 Å². The molecule has 3 heteroatoms. The number of rotatable bonds is 4. The second-order valence-electron chi connectivity index (χ2n) is 3.09. The molecule has 0 heterocycles. The number of ether oxygens (including phenoxy) is 1. The molecule has 1 saturated carbocycles. The van der Waals surface area contributed by atoms with Crippen molar-refractivity contribution in [3.63, 3.8) is 0 Å². The molecule has 0 radical (unpaired) electrons. The van der Waals surface area contributed by atoms with Gasteiger partial charge in [-0.05, 0) is 25.7 Å². The number of nitrogens with two attached hydrogens (primary N) is 1. The van der Waals surface area contributed by atoms with Gasteiger partial charge in [0.15, 0.2) is 0 Å². The summed E-state index contributed by atoms with van der Waals surface area (Å²) in [5.74, 6) is 0.300. The van der Waals surface area contributed by atoms with Gasteiger partial charge in [-0.25, -0.2) is 0 Å². The van der Waals surface area contributed by atoms with E-state index in [2.05, 4.69) is 0 Å². The summed E-state index contributed by atoms with van der Waals surface area (Å²) in [6.45, 7) is 2.76. The summed E-state index contributed by atoms with van der Waals surface area (Å²) in [7, 11) is 0. The zero-order valence-electron chi connectivity index (χ0n) is 6.88. The minimum atomic E-state index is -0.190. The molecular formula is C8H15NO2. The molecule has 1 amide bonds. The summed E-state index contributed by atoms with van der Waals surface area (Å²) in [6, 6.07) is 0. The lowest BCUT2D eigenvalue weighted by Gasteiger charge is -2.34. The topological polar surface area (TPSA) is 52.3 Å². The quantitative estimate of drug-likeness (QED) is 0.652. The smallest absolute Gasteiger partial charge is 0.217 e. The van der Waals surface area contributed by atoms with Crippen LogP contribution in [0.5, 0.6) is 0 Å². The molecule has 0 unspecified atom stereocenters. The fraction of sp³-hybridized carbons (Fsp3) is 0.875. The summed E-state index contributed by atoms with van der Waals surface area (Å²) < 4.78 is 5.34. The summed E-state index contributed by atoms with van der Waals surface area (Å²) >= 11 is 0. The van der Waals surface area contributed by atoms with E-state index in [1.165, 1.54) is 0 Å². The van der Waals surface area contributed by atoms with Crippen molar-refractivity contribution in [3.05, 3.63) is 0 Å². The highest BCUT2D eigenvalue weighted by molar-refractivity contribution is 5.74. The minimum absolute atomic E-state index is 0.190. The molecule has 0 aromatic rings. The van der Waals surface area contributed by atoms with Crippen LogP contribution in [0.1, 0.15) is 26.2 Å². The zero-order valence-corrected chi connectivity index (χ0v) is 6.88. The molecule has 1 fully saturated rings. The van der Waals surface area contributed by atoms with Gasteiger partial charge in [-0.15, -0.1) is 0 Å². The number of hydrogen-bond donors (Lipinski definition) is 1. The van der Waals surface area contributed by atoms with Crippen LogP contribution in [0.4, 0.5) is 0 Å². The summed E-state index contributed by atoms with van der Waals surface area (Å²) in [5, 5.41) is 0. The molecule has 2 N–H and O–H groups in total. The van der Waals surface area contributed by atoms with Gasteiger partial charge >= 0.3 is 0 Å². The van der Waals surface area contributed by atoms with E-state index in [-0.39, 0.29) is 5.91 Å². The molecule has 1 aliphatic rings. The molecule has 0 saturated heterocycles. The van der Waals surface area contributed by atoms with E-state index in [0.717, 1.165) is 19.4 Å². The Balaban J connectivity index is 2.04. The van der Waals surface area contributed by atoms with E-state index in [0.29, 0.717) is 18.4 Å². The maximum absolute atomic E-state index is 10.4. The minimum Gasteiger partial charge on any atom is -0.378 e. The summed E-state index contributed by atoms with van der Waals surface area (Å²) in [4.78, 5) is 10.4. The molecule has 0 spiro atoms. The Morgan fingerprint density at radius 1 is 1.64 bits per heavy atom. The average Bonchev–Trinajstić information content (AvgIpc) is 1.82. The standard InChI is InChI=1S/C8H15NO2/c1-2-11-7-3-6(4-7)5-8(9)10/h6-7H,2-5H2,1H3,(H2,9,10). The lowest BCUT2D eigenvalue weighted by atomic mass is 9.80. The van der Waals surface area contributed by atoms with Gasteiger partial charge in [-0.2, -0.15) is 0 Å². The second-order valence-corrected chi connectivity index (χ2v) is 3.09. The van der Waals surface area contributed by atoms with Gasteiger partial charge in [0.25, 0.3) is 0 Å². The first kappa shape index (κ1) is 8.53. The van der Waals surface area contributed by atoms with E-state index in [4.69, 9.17) is 10.5 Å². The van der Waals surface area contributed by atoms with Crippen molar-refractivity contribution in [2.24, 2.45) is 11.7 Å².